The minimum atomic E-state index is -6.03. The Morgan fingerprint density at radius 3 is 2.20 bits per heavy atom. The van der Waals surface area contributed by atoms with E-state index in [1.165, 1.54) is 21.8 Å². The first-order valence-corrected chi connectivity index (χ1v) is 22.3. The minimum absolute atomic E-state index is 0.0316. The highest BCUT2D eigenvalue weighted by atomic mass is 35.5. The summed E-state index contributed by atoms with van der Waals surface area (Å²) in [6.07, 6.45) is -10.8. The van der Waals surface area contributed by atoms with Crippen molar-refractivity contribution in [1.82, 2.24) is 29.4 Å². The molecule has 32 heteroatoms. The minimum Gasteiger partial charge on any atom is -0.490 e. The number of nitrogens with one attached hydrogen (secondary N) is 2. The van der Waals surface area contributed by atoms with Crippen molar-refractivity contribution in [2.75, 3.05) is 25.6 Å². The van der Waals surface area contributed by atoms with Gasteiger partial charge in [0.1, 0.15) is 61.2 Å². The molecule has 0 radical (unpaired) electrons. The van der Waals surface area contributed by atoms with E-state index in [-0.39, 0.29) is 53.4 Å². The molecule has 332 valence electrons. The van der Waals surface area contributed by atoms with Crippen LogP contribution in [0.25, 0.3) is 16.9 Å². The highest BCUT2D eigenvalue weighted by Crippen LogP contribution is 2.68. The van der Waals surface area contributed by atoms with E-state index in [9.17, 15) is 53.6 Å². The molecule has 2 fully saturated rings. The summed E-state index contributed by atoms with van der Waals surface area (Å²) in [4.78, 5) is 58.0. The van der Waals surface area contributed by atoms with Gasteiger partial charge in [-0.15, -0.1) is 0 Å². The normalized spacial score (nSPS) is 28.1. The van der Waals surface area contributed by atoms with E-state index in [4.69, 9.17) is 41.8 Å². The average molecular weight is 942 g/mol. The van der Waals surface area contributed by atoms with Crippen LogP contribution in [0.2, 0.25) is 5.02 Å². The molecule has 0 spiro atoms. The number of H-pyrrole nitrogens is 1. The van der Waals surface area contributed by atoms with Crippen LogP contribution < -0.4 is 31.6 Å². The number of halogens is 1. The topological polar surface area (TPSA) is 406 Å². The van der Waals surface area contributed by atoms with Crippen LogP contribution in [0, 0.1) is 0 Å². The number of ether oxygens (including phenoxy) is 3. The number of aromatic amines is 1. The lowest BCUT2D eigenvalue weighted by atomic mass is 10.1. The Kier molecular flexibility index (Phi) is 12.7. The third-order valence-corrected chi connectivity index (χ3v) is 13.6. The number of hydrogen-bond donors (Lipinski definition) is 11. The van der Waals surface area contributed by atoms with E-state index in [1.807, 2.05) is 0 Å². The second-order valence-electron chi connectivity index (χ2n) is 13.3. The SMILES string of the molecule is C=C1NC(N)=Nc2c1ncn2[C@@H]1OC(COP(=O)(O)OP(=O)(O)OP(=O)(O)OC[C@H]2OC([n+]3cn(CCOc4ccc(Cl)cc4)c4c(=O)[nH]c(N)nc43)[C@@H](O)[C@@H]2O)[C@@H](O)[C@H]1O. The Morgan fingerprint density at radius 2 is 1.54 bits per heavy atom. The Balaban J connectivity index is 0.948. The lowest BCUT2D eigenvalue weighted by Gasteiger charge is -2.21. The summed E-state index contributed by atoms with van der Waals surface area (Å²) in [5, 5.41) is 46.0. The van der Waals surface area contributed by atoms with Crippen LogP contribution in [0.15, 0.2) is 53.3 Å². The number of aliphatic imine (C=N–C) groups is 1. The number of benzene rings is 1. The molecule has 1 aromatic carbocycles. The number of aliphatic hydroxyl groups is 4. The van der Waals surface area contributed by atoms with Gasteiger partial charge < -0.3 is 66.1 Å². The van der Waals surface area contributed by atoms with Crippen molar-refractivity contribution in [1.29, 1.82) is 0 Å². The molecule has 4 aromatic rings. The smallest absolute Gasteiger partial charge is 0.490 e. The molecule has 6 heterocycles. The Hall–Kier alpha value is -4.15. The summed E-state index contributed by atoms with van der Waals surface area (Å²) in [5.41, 5.74) is 11.2. The van der Waals surface area contributed by atoms with Crippen LogP contribution in [-0.4, -0.2) is 122 Å². The van der Waals surface area contributed by atoms with Gasteiger partial charge in [-0.1, -0.05) is 23.2 Å². The summed E-state index contributed by atoms with van der Waals surface area (Å²) >= 11 is 5.91. The number of phosphoric acid groups is 3. The van der Waals surface area contributed by atoms with Crippen LogP contribution in [0.5, 0.6) is 5.75 Å². The molecule has 3 aromatic heterocycles. The summed E-state index contributed by atoms with van der Waals surface area (Å²) in [6, 6.07) is 6.48. The molecule has 61 heavy (non-hydrogen) atoms. The summed E-state index contributed by atoms with van der Waals surface area (Å²) in [7, 11) is -17.5. The lowest BCUT2D eigenvalue weighted by molar-refractivity contribution is -0.746. The van der Waals surface area contributed by atoms with Crippen LogP contribution in [0.1, 0.15) is 18.1 Å². The average Bonchev–Trinajstić information content (AvgIpc) is 3.89. The van der Waals surface area contributed by atoms with E-state index >= 15 is 0 Å². The van der Waals surface area contributed by atoms with Crippen LogP contribution in [0.4, 0.5) is 11.8 Å². The second kappa shape index (κ2) is 17.2. The molecular formula is C29H37ClN10O18P3+. The molecule has 28 nitrogen and oxygen atoms in total. The second-order valence-corrected chi connectivity index (χ2v) is 18.4. The largest absolute Gasteiger partial charge is 0.490 e. The van der Waals surface area contributed by atoms with Gasteiger partial charge in [-0.25, -0.2) is 23.2 Å². The number of phosphoric ester groups is 2. The molecule has 7 rings (SSSR count). The highest BCUT2D eigenvalue weighted by molar-refractivity contribution is 7.66. The fourth-order valence-electron chi connectivity index (χ4n) is 6.39. The molecular weight excluding hydrogens is 905 g/mol. The molecule has 3 aliphatic rings. The molecule has 3 aliphatic heterocycles. The number of imidazole rings is 2. The third-order valence-electron chi connectivity index (χ3n) is 9.10. The van der Waals surface area contributed by atoms with Gasteiger partial charge in [0, 0.05) is 5.02 Å². The third kappa shape index (κ3) is 9.75. The summed E-state index contributed by atoms with van der Waals surface area (Å²) in [5.74, 6) is 0.187. The predicted molar refractivity (Wildman–Crippen MR) is 203 cm³/mol. The standard InChI is InChI=1S/C29H36ClN10O18P3/c1-12-17-23(35-28(31)34-12)39(10-33-17)26-21(43)19(41)15(55-26)8-53-59(46,47)57-61(50,51)58-60(48,49)54-9-16-20(42)22(44)27(56-16)40-11-38(18-24(40)36-29(32)37-25(18)45)6-7-52-14-4-2-13(30)3-5-14/h2-5,10-11,15-16,19-22,26-27,41-44H,1,6-9H2,(H8-,31,32,34,35,36,37,45,46,47,48,49,50,51)/p+1/t15?,16-,19-,20-,21-,22+,26-,27?/m1/s1. The van der Waals surface area contributed by atoms with Gasteiger partial charge in [-0.3, -0.25) is 28.0 Å². The molecule has 0 saturated carbocycles. The molecule has 2 saturated heterocycles. The number of aromatic nitrogens is 6. The van der Waals surface area contributed by atoms with Gasteiger partial charge in [0.15, 0.2) is 24.3 Å². The quantitative estimate of drug-likeness (QED) is 0.0443. The van der Waals surface area contributed by atoms with Crippen molar-refractivity contribution in [3.8, 4) is 5.75 Å². The first-order chi connectivity index (χ1) is 28.6. The van der Waals surface area contributed by atoms with Crippen molar-refractivity contribution in [3.05, 3.63) is 64.6 Å². The monoisotopic (exact) mass is 941 g/mol. The van der Waals surface area contributed by atoms with Crippen LogP contribution >= 0.6 is 35.1 Å². The zero-order valence-corrected chi connectivity index (χ0v) is 34.2. The Labute approximate surface area is 346 Å². The fraction of sp³-hybridized carbons (Fsp3) is 0.414. The molecule has 0 bridgehead atoms. The number of aliphatic hydroxyl groups excluding tert-OH is 4. The number of fused-ring (bicyclic) bond motifs is 2. The summed E-state index contributed by atoms with van der Waals surface area (Å²) in [6.45, 7) is 1.66. The van der Waals surface area contributed by atoms with Crippen molar-refractivity contribution in [3.63, 3.8) is 0 Å². The maximum Gasteiger partial charge on any atom is 0.490 e. The number of hydrogen-bond acceptors (Lipinski definition) is 21. The first kappa shape index (κ1) is 44.9. The van der Waals surface area contributed by atoms with Crippen LogP contribution in [0.3, 0.4) is 0 Å². The van der Waals surface area contributed by atoms with E-state index in [0.717, 1.165) is 4.57 Å². The summed E-state index contributed by atoms with van der Waals surface area (Å²) < 4.78 is 76.2. The van der Waals surface area contributed by atoms with Gasteiger partial charge in [0.05, 0.1) is 25.2 Å². The van der Waals surface area contributed by atoms with Crippen molar-refractivity contribution in [2.45, 2.75) is 55.6 Å². The van der Waals surface area contributed by atoms with E-state index in [1.54, 1.807) is 24.3 Å². The molecule has 13 N–H and O–H groups in total. The maximum atomic E-state index is 12.9. The van der Waals surface area contributed by atoms with Gasteiger partial charge in [-0.05, 0) is 24.3 Å². The Morgan fingerprint density at radius 1 is 0.918 bits per heavy atom. The molecule has 11 atom stereocenters. The zero-order chi connectivity index (χ0) is 44.2. The van der Waals surface area contributed by atoms with Gasteiger partial charge in [0.2, 0.25) is 11.7 Å². The van der Waals surface area contributed by atoms with Gasteiger partial charge in [-0.2, -0.15) is 13.6 Å². The number of rotatable bonds is 16. The van der Waals surface area contributed by atoms with E-state index in [0.29, 0.717) is 10.8 Å². The maximum absolute atomic E-state index is 12.9. The zero-order valence-electron chi connectivity index (χ0n) is 30.8. The molecule has 0 amide bonds. The lowest BCUT2D eigenvalue weighted by Crippen LogP contribution is -2.46. The van der Waals surface area contributed by atoms with Crippen molar-refractivity contribution in [2.24, 2.45) is 10.7 Å². The molecule has 0 aliphatic carbocycles. The van der Waals surface area contributed by atoms with Crippen molar-refractivity contribution >= 4 is 69.7 Å². The number of nitrogens with zero attached hydrogens (tertiary/aromatic N) is 6. The highest BCUT2D eigenvalue weighted by Gasteiger charge is 2.50. The predicted octanol–water partition coefficient (Wildman–Crippen LogP) is -1.65. The Bertz CT molecular complexity index is 2560. The number of nitrogen functional groups attached to an aromatic ring is 1. The van der Waals surface area contributed by atoms with E-state index < -0.39 is 91.3 Å². The number of nitrogens with two attached hydrogens (primary N) is 2. The first-order valence-electron chi connectivity index (χ1n) is 17.4. The van der Waals surface area contributed by atoms with Crippen LogP contribution in [-0.2, 0) is 47.4 Å². The molecule has 5 unspecified atom stereocenters. The number of anilines is 1. The number of guanidine groups is 1. The van der Waals surface area contributed by atoms with Gasteiger partial charge in [0.25, 0.3) is 11.5 Å². The van der Waals surface area contributed by atoms with Gasteiger partial charge >= 0.3 is 29.1 Å². The van der Waals surface area contributed by atoms with Crippen molar-refractivity contribution < 1.29 is 85.2 Å². The fourth-order valence-corrected chi connectivity index (χ4v) is 10.0. The van der Waals surface area contributed by atoms with E-state index in [2.05, 4.69) is 45.0 Å².